The van der Waals surface area contributed by atoms with Gasteiger partial charge in [0.15, 0.2) is 0 Å². The van der Waals surface area contributed by atoms with Crippen LogP contribution >= 0.6 is 0 Å². The Kier molecular flexibility index (Phi) is 3.68. The number of hydrogen-bond donors (Lipinski definition) is 1. The van der Waals surface area contributed by atoms with Crippen molar-refractivity contribution in [1.29, 1.82) is 0 Å². The fourth-order valence-electron chi connectivity index (χ4n) is 3.41. The minimum Gasteiger partial charge on any atom is -0.481 e. The molecule has 0 radical (unpaired) electrons. The van der Waals surface area contributed by atoms with Gasteiger partial charge < -0.3 is 9.84 Å². The van der Waals surface area contributed by atoms with Crippen LogP contribution < -0.4 is 0 Å². The van der Waals surface area contributed by atoms with Gasteiger partial charge in [0, 0.05) is 25.2 Å². The molecule has 5 nitrogen and oxygen atoms in total. The summed E-state index contributed by atoms with van der Waals surface area (Å²) in [5.74, 6) is -2.41. The van der Waals surface area contributed by atoms with Crippen LogP contribution in [-0.2, 0) is 19.1 Å². The van der Waals surface area contributed by atoms with Crippen molar-refractivity contribution in [2.45, 2.75) is 45.1 Å². The third kappa shape index (κ3) is 2.40. The summed E-state index contributed by atoms with van der Waals surface area (Å²) in [6.07, 6.45) is 2.68. The Hall–Kier alpha value is -1.39. The standard InChI is InChI=1S/C13H18O5/c1-7(14)18-11-6-5-10(15)12-8(11)3-2-4-9(12)13(16)17/h8-9,11-12H,2-6H2,1H3,(H,16,17)/t8-,9+,11+,12+/m1/s1. The fourth-order valence-corrected chi connectivity index (χ4v) is 3.41. The zero-order valence-electron chi connectivity index (χ0n) is 10.4. The van der Waals surface area contributed by atoms with Gasteiger partial charge >= 0.3 is 11.9 Å². The van der Waals surface area contributed by atoms with E-state index in [1.807, 2.05) is 0 Å². The van der Waals surface area contributed by atoms with Crippen molar-refractivity contribution in [3.05, 3.63) is 0 Å². The van der Waals surface area contributed by atoms with E-state index in [0.717, 1.165) is 12.8 Å². The smallest absolute Gasteiger partial charge is 0.307 e. The minimum absolute atomic E-state index is 0.0236. The Morgan fingerprint density at radius 2 is 2.00 bits per heavy atom. The monoisotopic (exact) mass is 254 g/mol. The Morgan fingerprint density at radius 1 is 1.28 bits per heavy atom. The first kappa shape index (κ1) is 13.1. The number of ether oxygens (including phenoxy) is 1. The Bertz CT molecular complexity index is 376. The molecule has 2 fully saturated rings. The van der Waals surface area contributed by atoms with Crippen LogP contribution in [0.1, 0.15) is 39.0 Å². The quantitative estimate of drug-likeness (QED) is 0.753. The van der Waals surface area contributed by atoms with Crippen LogP contribution in [0.15, 0.2) is 0 Å². The van der Waals surface area contributed by atoms with Crippen LogP contribution in [-0.4, -0.2) is 28.9 Å². The molecule has 18 heavy (non-hydrogen) atoms. The van der Waals surface area contributed by atoms with Crippen molar-refractivity contribution >= 4 is 17.7 Å². The van der Waals surface area contributed by atoms with Crippen LogP contribution in [0.4, 0.5) is 0 Å². The first-order valence-corrected chi connectivity index (χ1v) is 6.43. The Balaban J connectivity index is 2.20. The molecule has 0 heterocycles. The summed E-state index contributed by atoms with van der Waals surface area (Å²) in [6.45, 7) is 1.35. The molecule has 1 N–H and O–H groups in total. The third-order valence-corrected chi connectivity index (χ3v) is 4.11. The van der Waals surface area contributed by atoms with Crippen molar-refractivity contribution in [2.24, 2.45) is 17.8 Å². The summed E-state index contributed by atoms with van der Waals surface area (Å²) < 4.78 is 5.25. The molecule has 0 unspecified atom stereocenters. The van der Waals surface area contributed by atoms with Gasteiger partial charge in [0.1, 0.15) is 11.9 Å². The third-order valence-electron chi connectivity index (χ3n) is 4.11. The summed E-state index contributed by atoms with van der Waals surface area (Å²) in [7, 11) is 0. The lowest BCUT2D eigenvalue weighted by molar-refractivity contribution is -0.164. The first-order chi connectivity index (χ1) is 8.50. The number of carbonyl (C=O) groups is 3. The average molecular weight is 254 g/mol. The number of aliphatic carboxylic acids is 1. The molecule has 0 aromatic carbocycles. The molecule has 0 aliphatic heterocycles. The molecule has 2 aliphatic carbocycles. The molecule has 4 atom stereocenters. The van der Waals surface area contributed by atoms with Gasteiger partial charge in [-0.05, 0) is 19.3 Å². The van der Waals surface area contributed by atoms with Crippen molar-refractivity contribution in [2.75, 3.05) is 0 Å². The van der Waals surface area contributed by atoms with Crippen LogP contribution in [0, 0.1) is 17.8 Å². The van der Waals surface area contributed by atoms with Gasteiger partial charge in [-0.25, -0.2) is 0 Å². The van der Waals surface area contributed by atoms with Crippen LogP contribution in [0.2, 0.25) is 0 Å². The van der Waals surface area contributed by atoms with Gasteiger partial charge in [-0.15, -0.1) is 0 Å². The highest BCUT2D eigenvalue weighted by molar-refractivity contribution is 5.87. The molecule has 2 rings (SSSR count). The highest BCUT2D eigenvalue weighted by Crippen LogP contribution is 2.43. The van der Waals surface area contributed by atoms with Crippen LogP contribution in [0.3, 0.4) is 0 Å². The van der Waals surface area contributed by atoms with E-state index in [9.17, 15) is 19.5 Å². The lowest BCUT2D eigenvalue weighted by Gasteiger charge is -2.42. The minimum atomic E-state index is -0.901. The van der Waals surface area contributed by atoms with E-state index in [0.29, 0.717) is 19.3 Å². The molecular weight excluding hydrogens is 236 g/mol. The molecule has 5 heteroatoms. The largest absolute Gasteiger partial charge is 0.481 e. The average Bonchev–Trinajstić information content (AvgIpc) is 2.31. The second kappa shape index (κ2) is 5.08. The highest BCUT2D eigenvalue weighted by atomic mass is 16.5. The predicted octanol–water partition coefficient (Wildman–Crippen LogP) is 1.40. The van der Waals surface area contributed by atoms with E-state index in [4.69, 9.17) is 4.74 Å². The van der Waals surface area contributed by atoms with Crippen molar-refractivity contribution in [3.8, 4) is 0 Å². The summed E-state index contributed by atoms with van der Waals surface area (Å²) in [5.41, 5.74) is 0. The number of hydrogen-bond acceptors (Lipinski definition) is 4. The summed E-state index contributed by atoms with van der Waals surface area (Å²) >= 11 is 0. The van der Waals surface area contributed by atoms with Crippen molar-refractivity contribution in [1.82, 2.24) is 0 Å². The van der Waals surface area contributed by atoms with E-state index < -0.39 is 17.8 Å². The van der Waals surface area contributed by atoms with Gasteiger partial charge in [-0.3, -0.25) is 14.4 Å². The normalized spacial score (nSPS) is 35.7. The lowest BCUT2D eigenvalue weighted by Crippen LogP contribution is -2.48. The van der Waals surface area contributed by atoms with Crippen molar-refractivity contribution in [3.63, 3.8) is 0 Å². The van der Waals surface area contributed by atoms with Gasteiger partial charge in [0.25, 0.3) is 0 Å². The van der Waals surface area contributed by atoms with E-state index in [-0.39, 0.29) is 23.8 Å². The van der Waals surface area contributed by atoms with E-state index in [1.165, 1.54) is 6.92 Å². The molecule has 0 saturated heterocycles. The van der Waals surface area contributed by atoms with E-state index in [2.05, 4.69) is 0 Å². The maximum atomic E-state index is 12.0. The zero-order chi connectivity index (χ0) is 13.3. The summed E-state index contributed by atoms with van der Waals surface area (Å²) in [6, 6.07) is 0. The number of Topliss-reactive ketones (excluding diaryl/α,β-unsaturated/α-hetero) is 1. The second-order valence-electron chi connectivity index (χ2n) is 5.22. The second-order valence-corrected chi connectivity index (χ2v) is 5.22. The fraction of sp³-hybridized carbons (Fsp3) is 0.769. The van der Waals surface area contributed by atoms with E-state index in [1.54, 1.807) is 0 Å². The lowest BCUT2D eigenvalue weighted by atomic mass is 9.63. The van der Waals surface area contributed by atoms with E-state index >= 15 is 0 Å². The Morgan fingerprint density at radius 3 is 2.61 bits per heavy atom. The predicted molar refractivity (Wildman–Crippen MR) is 61.8 cm³/mol. The summed E-state index contributed by atoms with van der Waals surface area (Å²) in [4.78, 5) is 34.3. The van der Waals surface area contributed by atoms with Gasteiger partial charge in [-0.1, -0.05) is 6.42 Å². The van der Waals surface area contributed by atoms with Crippen LogP contribution in [0.25, 0.3) is 0 Å². The number of carboxylic acid groups (broad SMARTS) is 1. The van der Waals surface area contributed by atoms with Gasteiger partial charge in [-0.2, -0.15) is 0 Å². The molecule has 0 aromatic heterocycles. The number of carbonyl (C=O) groups excluding carboxylic acids is 2. The molecule has 0 spiro atoms. The number of fused-ring (bicyclic) bond motifs is 1. The molecule has 2 aliphatic rings. The number of rotatable bonds is 2. The molecule has 0 aromatic rings. The molecular formula is C13H18O5. The molecule has 100 valence electrons. The highest BCUT2D eigenvalue weighted by Gasteiger charge is 2.48. The summed E-state index contributed by atoms with van der Waals surface area (Å²) in [5, 5.41) is 9.20. The SMILES string of the molecule is CC(=O)O[C@H]1CCC(=O)[C@H]2[C@@H]1CCC[C@@H]2C(=O)O. The number of esters is 1. The Labute approximate surface area is 105 Å². The number of carboxylic acids is 1. The topological polar surface area (TPSA) is 80.7 Å². The molecule has 2 saturated carbocycles. The number of ketones is 1. The first-order valence-electron chi connectivity index (χ1n) is 6.43. The van der Waals surface area contributed by atoms with Crippen molar-refractivity contribution < 1.29 is 24.2 Å². The van der Waals surface area contributed by atoms with Gasteiger partial charge in [0.2, 0.25) is 0 Å². The zero-order valence-corrected chi connectivity index (χ0v) is 10.4. The maximum Gasteiger partial charge on any atom is 0.307 e. The molecule has 0 amide bonds. The molecule has 0 bridgehead atoms. The maximum absolute atomic E-state index is 12.0. The van der Waals surface area contributed by atoms with Crippen LogP contribution in [0.5, 0.6) is 0 Å². The van der Waals surface area contributed by atoms with Gasteiger partial charge in [0.05, 0.1) is 5.92 Å².